The van der Waals surface area contributed by atoms with Gasteiger partial charge in [0.1, 0.15) is 6.61 Å². The average molecular weight is 281 g/mol. The first-order valence-corrected chi connectivity index (χ1v) is 5.75. The Morgan fingerprint density at radius 1 is 1.25 bits per heavy atom. The van der Waals surface area contributed by atoms with Crippen LogP contribution in [-0.4, -0.2) is 36.4 Å². The minimum absolute atomic E-state index is 0.0237. The van der Waals surface area contributed by atoms with Crippen molar-refractivity contribution < 1.29 is 24.2 Å². The standard InChI is InChI=1S/C12H15N3O5/c13-11(18)20-7-6-14-12(19)15-9(10(16)17)8-4-2-1-3-5-8/h1-5,9H,6-7H2,(H2,13,18)(H,16,17)(H2,14,15,19)/t9-/m1/s1. The number of benzene rings is 1. The Bertz CT molecular complexity index is 477. The van der Waals surface area contributed by atoms with Crippen molar-refractivity contribution in [1.29, 1.82) is 0 Å². The molecule has 1 aromatic rings. The Hall–Kier alpha value is -2.77. The summed E-state index contributed by atoms with van der Waals surface area (Å²) in [6.45, 7) is -0.0677. The van der Waals surface area contributed by atoms with E-state index in [1.807, 2.05) is 0 Å². The van der Waals surface area contributed by atoms with Crippen LogP contribution in [0.4, 0.5) is 9.59 Å². The molecule has 0 spiro atoms. The van der Waals surface area contributed by atoms with Gasteiger partial charge in [0.25, 0.3) is 0 Å². The van der Waals surface area contributed by atoms with Gasteiger partial charge in [0, 0.05) is 0 Å². The largest absolute Gasteiger partial charge is 0.479 e. The summed E-state index contributed by atoms with van der Waals surface area (Å²) in [4.78, 5) is 32.9. The first-order chi connectivity index (χ1) is 9.50. The molecule has 3 amide bonds. The summed E-state index contributed by atoms with van der Waals surface area (Å²) in [6, 6.07) is 6.42. The van der Waals surface area contributed by atoms with Crippen molar-refractivity contribution in [3.63, 3.8) is 0 Å². The van der Waals surface area contributed by atoms with Crippen molar-refractivity contribution in [2.75, 3.05) is 13.2 Å². The van der Waals surface area contributed by atoms with Crippen molar-refractivity contribution in [3.05, 3.63) is 35.9 Å². The number of carbonyl (C=O) groups is 3. The fraction of sp³-hybridized carbons (Fsp3) is 0.250. The summed E-state index contributed by atoms with van der Waals surface area (Å²) >= 11 is 0. The number of ether oxygens (including phenoxy) is 1. The summed E-state index contributed by atoms with van der Waals surface area (Å²) in [5.41, 5.74) is 5.19. The average Bonchev–Trinajstić information content (AvgIpc) is 2.41. The first-order valence-electron chi connectivity index (χ1n) is 5.75. The van der Waals surface area contributed by atoms with Gasteiger partial charge in [-0.1, -0.05) is 30.3 Å². The van der Waals surface area contributed by atoms with Crippen LogP contribution in [0.3, 0.4) is 0 Å². The highest BCUT2D eigenvalue weighted by atomic mass is 16.5. The van der Waals surface area contributed by atoms with Crippen LogP contribution in [0.25, 0.3) is 0 Å². The molecule has 0 aliphatic rings. The summed E-state index contributed by atoms with van der Waals surface area (Å²) in [5.74, 6) is -1.18. The summed E-state index contributed by atoms with van der Waals surface area (Å²) in [7, 11) is 0. The zero-order valence-corrected chi connectivity index (χ0v) is 10.5. The maximum absolute atomic E-state index is 11.5. The minimum Gasteiger partial charge on any atom is -0.479 e. The SMILES string of the molecule is NC(=O)OCCNC(=O)N[C@@H](C(=O)O)c1ccccc1. The number of urea groups is 1. The van der Waals surface area contributed by atoms with Gasteiger partial charge in [-0.25, -0.2) is 14.4 Å². The van der Waals surface area contributed by atoms with Crippen molar-refractivity contribution in [2.45, 2.75) is 6.04 Å². The van der Waals surface area contributed by atoms with E-state index in [0.717, 1.165) is 0 Å². The topological polar surface area (TPSA) is 131 Å². The van der Waals surface area contributed by atoms with Crippen molar-refractivity contribution in [1.82, 2.24) is 10.6 Å². The Balaban J connectivity index is 2.48. The van der Waals surface area contributed by atoms with Crippen LogP contribution >= 0.6 is 0 Å². The number of hydrogen-bond donors (Lipinski definition) is 4. The van der Waals surface area contributed by atoms with E-state index in [0.29, 0.717) is 5.56 Å². The minimum atomic E-state index is -1.18. The number of aliphatic carboxylic acids is 1. The van der Waals surface area contributed by atoms with Gasteiger partial charge in [-0.3, -0.25) is 0 Å². The molecule has 0 aliphatic carbocycles. The van der Waals surface area contributed by atoms with Gasteiger partial charge in [-0.05, 0) is 5.56 Å². The van der Waals surface area contributed by atoms with Gasteiger partial charge >= 0.3 is 18.1 Å². The molecule has 0 fully saturated rings. The number of nitrogens with one attached hydrogen (secondary N) is 2. The van der Waals surface area contributed by atoms with Crippen LogP contribution < -0.4 is 16.4 Å². The fourth-order valence-electron chi connectivity index (χ4n) is 1.43. The second-order valence-electron chi connectivity index (χ2n) is 3.75. The normalized spacial score (nSPS) is 11.2. The van der Waals surface area contributed by atoms with Crippen molar-refractivity contribution >= 4 is 18.1 Å². The number of carboxylic acid groups (broad SMARTS) is 1. The monoisotopic (exact) mass is 281 g/mol. The molecule has 0 heterocycles. The number of nitrogens with two attached hydrogens (primary N) is 1. The molecule has 1 aromatic carbocycles. The number of carboxylic acids is 1. The van der Waals surface area contributed by atoms with Crippen LogP contribution in [0.15, 0.2) is 30.3 Å². The number of hydrogen-bond acceptors (Lipinski definition) is 4. The first kappa shape index (κ1) is 15.3. The van der Waals surface area contributed by atoms with Gasteiger partial charge in [-0.15, -0.1) is 0 Å². The third kappa shape index (κ3) is 5.25. The van der Waals surface area contributed by atoms with Gasteiger partial charge in [0.05, 0.1) is 6.54 Å². The highest BCUT2D eigenvalue weighted by molar-refractivity contribution is 5.83. The lowest BCUT2D eigenvalue weighted by atomic mass is 10.1. The molecule has 8 heteroatoms. The van der Waals surface area contributed by atoms with Crippen molar-refractivity contribution in [3.8, 4) is 0 Å². The molecular weight excluding hydrogens is 266 g/mol. The Labute approximate surface area is 114 Å². The van der Waals surface area contributed by atoms with Crippen LogP contribution in [0.5, 0.6) is 0 Å². The molecule has 0 aromatic heterocycles. The Morgan fingerprint density at radius 2 is 1.90 bits per heavy atom. The smallest absolute Gasteiger partial charge is 0.404 e. The molecule has 20 heavy (non-hydrogen) atoms. The van der Waals surface area contributed by atoms with E-state index in [1.54, 1.807) is 30.3 Å². The predicted molar refractivity (Wildman–Crippen MR) is 68.9 cm³/mol. The third-order valence-corrected chi connectivity index (χ3v) is 2.29. The lowest BCUT2D eigenvalue weighted by molar-refractivity contribution is -0.139. The lowest BCUT2D eigenvalue weighted by Crippen LogP contribution is -2.42. The Kier molecular flexibility index (Phi) is 5.82. The van der Waals surface area contributed by atoms with Crippen LogP contribution in [0.1, 0.15) is 11.6 Å². The highest BCUT2D eigenvalue weighted by Crippen LogP contribution is 2.12. The van der Waals surface area contributed by atoms with E-state index < -0.39 is 24.1 Å². The van der Waals surface area contributed by atoms with Crippen LogP contribution in [0, 0.1) is 0 Å². The molecule has 0 bridgehead atoms. The van der Waals surface area contributed by atoms with E-state index >= 15 is 0 Å². The van der Waals surface area contributed by atoms with Gasteiger partial charge in [0.15, 0.2) is 6.04 Å². The quantitative estimate of drug-likeness (QED) is 0.553. The number of primary amides is 1. The molecule has 0 unspecified atom stereocenters. The summed E-state index contributed by atoms with van der Waals surface area (Å²) in [5, 5.41) is 13.7. The van der Waals surface area contributed by atoms with E-state index in [-0.39, 0.29) is 13.2 Å². The second kappa shape index (κ2) is 7.62. The summed E-state index contributed by atoms with van der Waals surface area (Å²) < 4.78 is 4.41. The van der Waals surface area contributed by atoms with Crippen LogP contribution in [-0.2, 0) is 9.53 Å². The molecule has 0 saturated carbocycles. The lowest BCUT2D eigenvalue weighted by Gasteiger charge is -2.15. The van der Waals surface area contributed by atoms with Gasteiger partial charge in [-0.2, -0.15) is 0 Å². The maximum atomic E-state index is 11.5. The number of carbonyl (C=O) groups excluding carboxylic acids is 2. The van der Waals surface area contributed by atoms with Gasteiger partial charge in [0.2, 0.25) is 0 Å². The highest BCUT2D eigenvalue weighted by Gasteiger charge is 2.21. The van der Waals surface area contributed by atoms with Gasteiger partial charge < -0.3 is 26.2 Å². The summed E-state index contributed by atoms with van der Waals surface area (Å²) in [6.07, 6.45) is -0.945. The molecule has 0 aliphatic heterocycles. The van der Waals surface area contributed by atoms with Crippen molar-refractivity contribution in [2.24, 2.45) is 5.73 Å². The molecule has 1 atom stereocenters. The van der Waals surface area contributed by atoms with E-state index in [9.17, 15) is 14.4 Å². The van der Waals surface area contributed by atoms with E-state index in [4.69, 9.17) is 10.8 Å². The van der Waals surface area contributed by atoms with E-state index in [1.165, 1.54) is 0 Å². The van der Waals surface area contributed by atoms with E-state index in [2.05, 4.69) is 15.4 Å². The number of rotatable bonds is 6. The zero-order valence-electron chi connectivity index (χ0n) is 10.5. The molecule has 0 saturated heterocycles. The molecule has 0 radical (unpaired) electrons. The molecule has 5 N–H and O–H groups in total. The predicted octanol–water partition coefficient (Wildman–Crippen LogP) is 0.207. The molecule has 1 rings (SSSR count). The maximum Gasteiger partial charge on any atom is 0.404 e. The molecule has 108 valence electrons. The second-order valence-corrected chi connectivity index (χ2v) is 3.75. The zero-order chi connectivity index (χ0) is 15.0. The molecule has 8 nitrogen and oxygen atoms in total. The number of amides is 3. The Morgan fingerprint density at radius 3 is 2.45 bits per heavy atom. The van der Waals surface area contributed by atoms with Crippen LogP contribution in [0.2, 0.25) is 0 Å². The fourth-order valence-corrected chi connectivity index (χ4v) is 1.43. The molecular formula is C12H15N3O5. The third-order valence-electron chi connectivity index (χ3n) is 2.29.